The molecule has 1 unspecified atom stereocenters. The lowest BCUT2D eigenvalue weighted by molar-refractivity contribution is -0.131. The van der Waals surface area contributed by atoms with Gasteiger partial charge in [-0.1, -0.05) is 0 Å². The summed E-state index contributed by atoms with van der Waals surface area (Å²) in [6, 6.07) is 0. The second kappa shape index (κ2) is 7.13. The fraction of sp³-hybridized carbons (Fsp3) is 0.706. The van der Waals surface area contributed by atoms with Crippen LogP contribution in [0.25, 0.3) is 0 Å². The van der Waals surface area contributed by atoms with E-state index in [4.69, 9.17) is 9.47 Å². The molecule has 8 heteroatoms. The molecular formula is C17H26N4O4. The Morgan fingerprint density at radius 2 is 2.20 bits per heavy atom. The summed E-state index contributed by atoms with van der Waals surface area (Å²) in [5, 5.41) is 7.06. The van der Waals surface area contributed by atoms with Gasteiger partial charge in [-0.2, -0.15) is 5.10 Å². The molecule has 3 rings (SSSR count). The Hall–Kier alpha value is -1.93. The SMILES string of the molecule is CNC(=O)CC1(OC)COCCN(C(=O)c2nn(C)c3c2CCC3)C1. The Morgan fingerprint density at radius 3 is 2.92 bits per heavy atom. The average Bonchev–Trinajstić information content (AvgIpc) is 3.14. The first kappa shape index (κ1) is 17.9. The molecule has 1 aliphatic carbocycles. The van der Waals surface area contributed by atoms with E-state index in [-0.39, 0.29) is 24.8 Å². The van der Waals surface area contributed by atoms with E-state index in [1.807, 2.05) is 11.7 Å². The number of aromatic nitrogens is 2. The Labute approximate surface area is 147 Å². The lowest BCUT2D eigenvalue weighted by Crippen LogP contribution is -2.50. The summed E-state index contributed by atoms with van der Waals surface area (Å²) in [6.07, 6.45) is 3.06. The summed E-state index contributed by atoms with van der Waals surface area (Å²) < 4.78 is 13.1. The van der Waals surface area contributed by atoms with Gasteiger partial charge in [0.2, 0.25) is 5.91 Å². The highest BCUT2D eigenvalue weighted by Crippen LogP contribution is 2.27. The number of aryl methyl sites for hydroxylation is 1. The third-order valence-corrected chi connectivity index (χ3v) is 5.15. The molecule has 0 bridgehead atoms. The normalized spacial score (nSPS) is 23.2. The van der Waals surface area contributed by atoms with E-state index >= 15 is 0 Å². The van der Waals surface area contributed by atoms with E-state index in [1.54, 1.807) is 19.1 Å². The molecule has 2 aliphatic rings. The Bertz CT molecular complexity index is 672. The van der Waals surface area contributed by atoms with E-state index in [0.717, 1.165) is 30.5 Å². The highest BCUT2D eigenvalue weighted by atomic mass is 16.5. The number of fused-ring (bicyclic) bond motifs is 1. The molecular weight excluding hydrogens is 324 g/mol. The van der Waals surface area contributed by atoms with Crippen molar-refractivity contribution < 1.29 is 19.1 Å². The largest absolute Gasteiger partial charge is 0.377 e. The molecule has 1 aromatic rings. The van der Waals surface area contributed by atoms with Crippen LogP contribution in [0, 0.1) is 0 Å². The van der Waals surface area contributed by atoms with Crippen molar-refractivity contribution in [2.45, 2.75) is 31.3 Å². The monoisotopic (exact) mass is 350 g/mol. The van der Waals surface area contributed by atoms with Gasteiger partial charge >= 0.3 is 0 Å². The number of ether oxygens (including phenoxy) is 2. The molecule has 25 heavy (non-hydrogen) atoms. The van der Waals surface area contributed by atoms with Crippen LogP contribution in [0.4, 0.5) is 0 Å². The summed E-state index contributed by atoms with van der Waals surface area (Å²) in [5.74, 6) is -0.249. The molecule has 0 saturated carbocycles. The van der Waals surface area contributed by atoms with Gasteiger partial charge in [0.1, 0.15) is 5.60 Å². The van der Waals surface area contributed by atoms with Crippen molar-refractivity contribution in [1.82, 2.24) is 20.0 Å². The van der Waals surface area contributed by atoms with Gasteiger partial charge in [0, 0.05) is 39.0 Å². The van der Waals surface area contributed by atoms with Crippen LogP contribution in [0.15, 0.2) is 0 Å². The van der Waals surface area contributed by atoms with E-state index in [2.05, 4.69) is 10.4 Å². The summed E-state index contributed by atoms with van der Waals surface area (Å²) >= 11 is 0. The van der Waals surface area contributed by atoms with Crippen molar-refractivity contribution in [1.29, 1.82) is 0 Å². The second-order valence-electron chi connectivity index (χ2n) is 6.77. The van der Waals surface area contributed by atoms with Crippen molar-refractivity contribution >= 4 is 11.8 Å². The topological polar surface area (TPSA) is 85.7 Å². The van der Waals surface area contributed by atoms with Crippen LogP contribution in [-0.2, 0) is 34.2 Å². The van der Waals surface area contributed by atoms with Gasteiger partial charge in [0.15, 0.2) is 5.69 Å². The smallest absolute Gasteiger partial charge is 0.274 e. The maximum Gasteiger partial charge on any atom is 0.274 e. The van der Waals surface area contributed by atoms with E-state index in [0.29, 0.717) is 25.4 Å². The number of carbonyl (C=O) groups excluding carboxylic acids is 2. The maximum atomic E-state index is 13.1. The number of rotatable bonds is 4. The van der Waals surface area contributed by atoms with E-state index in [9.17, 15) is 9.59 Å². The fourth-order valence-electron chi connectivity index (χ4n) is 3.69. The van der Waals surface area contributed by atoms with Crippen LogP contribution in [-0.4, -0.2) is 72.6 Å². The first-order chi connectivity index (χ1) is 12.0. The number of hydrogen-bond acceptors (Lipinski definition) is 5. The fourth-order valence-corrected chi connectivity index (χ4v) is 3.69. The average molecular weight is 350 g/mol. The summed E-state index contributed by atoms with van der Waals surface area (Å²) in [5.41, 5.74) is 1.90. The Kier molecular flexibility index (Phi) is 5.10. The molecule has 1 aliphatic heterocycles. The molecule has 0 radical (unpaired) electrons. The zero-order valence-corrected chi connectivity index (χ0v) is 15.1. The molecule has 1 N–H and O–H groups in total. The molecule has 1 atom stereocenters. The standard InChI is InChI=1S/C17H26N4O4/c1-18-14(22)9-17(24-3)10-21(7-8-25-11-17)16(23)15-12-5-4-6-13(12)20(2)19-15/h4-11H2,1-3H3,(H,18,22). The molecule has 0 aromatic carbocycles. The predicted octanol–water partition coefficient (Wildman–Crippen LogP) is -0.0975. The third-order valence-electron chi connectivity index (χ3n) is 5.15. The van der Waals surface area contributed by atoms with Gasteiger partial charge in [0.25, 0.3) is 5.91 Å². The highest BCUT2D eigenvalue weighted by Gasteiger charge is 2.40. The van der Waals surface area contributed by atoms with Crippen molar-refractivity contribution in [3.05, 3.63) is 17.0 Å². The second-order valence-corrected chi connectivity index (χ2v) is 6.77. The van der Waals surface area contributed by atoms with Crippen LogP contribution in [0.3, 0.4) is 0 Å². The number of carbonyl (C=O) groups is 2. The lowest BCUT2D eigenvalue weighted by atomic mass is 9.98. The van der Waals surface area contributed by atoms with Gasteiger partial charge in [-0.15, -0.1) is 0 Å². The van der Waals surface area contributed by atoms with Gasteiger partial charge < -0.3 is 19.7 Å². The molecule has 1 aromatic heterocycles. The third kappa shape index (κ3) is 3.41. The zero-order valence-electron chi connectivity index (χ0n) is 15.1. The summed E-state index contributed by atoms with van der Waals surface area (Å²) in [4.78, 5) is 26.7. The molecule has 1 fully saturated rings. The minimum atomic E-state index is -0.843. The maximum absolute atomic E-state index is 13.1. The molecule has 2 amide bonds. The van der Waals surface area contributed by atoms with Crippen molar-refractivity contribution in [3.8, 4) is 0 Å². The molecule has 1 saturated heterocycles. The van der Waals surface area contributed by atoms with Crippen LogP contribution in [0.1, 0.15) is 34.6 Å². The number of nitrogens with zero attached hydrogens (tertiary/aromatic N) is 3. The van der Waals surface area contributed by atoms with Crippen molar-refractivity contribution in [2.24, 2.45) is 7.05 Å². The first-order valence-electron chi connectivity index (χ1n) is 8.67. The minimum Gasteiger partial charge on any atom is -0.377 e. The van der Waals surface area contributed by atoms with Gasteiger partial charge in [0.05, 0.1) is 26.2 Å². The zero-order chi connectivity index (χ0) is 18.0. The molecule has 0 spiro atoms. The van der Waals surface area contributed by atoms with Gasteiger partial charge in [-0.3, -0.25) is 14.3 Å². The van der Waals surface area contributed by atoms with E-state index < -0.39 is 5.60 Å². The van der Waals surface area contributed by atoms with Crippen LogP contribution < -0.4 is 5.32 Å². The van der Waals surface area contributed by atoms with Crippen LogP contribution in [0.2, 0.25) is 0 Å². The molecule has 8 nitrogen and oxygen atoms in total. The van der Waals surface area contributed by atoms with Gasteiger partial charge in [-0.25, -0.2) is 0 Å². The van der Waals surface area contributed by atoms with Crippen molar-refractivity contribution in [3.63, 3.8) is 0 Å². The lowest BCUT2D eigenvalue weighted by Gasteiger charge is -2.33. The van der Waals surface area contributed by atoms with E-state index in [1.165, 1.54) is 0 Å². The number of methoxy groups -OCH3 is 1. The number of amides is 2. The highest BCUT2D eigenvalue weighted by molar-refractivity contribution is 5.94. The Balaban J connectivity index is 1.84. The first-order valence-corrected chi connectivity index (χ1v) is 8.67. The minimum absolute atomic E-state index is 0.109. The van der Waals surface area contributed by atoms with Crippen LogP contribution >= 0.6 is 0 Å². The number of nitrogens with one attached hydrogen (secondary N) is 1. The molecule has 138 valence electrons. The summed E-state index contributed by atoms with van der Waals surface area (Å²) in [6.45, 7) is 1.46. The summed E-state index contributed by atoms with van der Waals surface area (Å²) in [7, 11) is 5.03. The van der Waals surface area contributed by atoms with Gasteiger partial charge in [-0.05, 0) is 19.3 Å². The predicted molar refractivity (Wildman–Crippen MR) is 90.4 cm³/mol. The molecule has 2 heterocycles. The van der Waals surface area contributed by atoms with Crippen LogP contribution in [0.5, 0.6) is 0 Å². The Morgan fingerprint density at radius 1 is 1.40 bits per heavy atom. The quantitative estimate of drug-likeness (QED) is 0.820. The number of hydrogen-bond donors (Lipinski definition) is 1. The van der Waals surface area contributed by atoms with Crippen molar-refractivity contribution in [2.75, 3.05) is 40.5 Å².